The lowest BCUT2D eigenvalue weighted by Crippen LogP contribution is -2.39. The summed E-state index contributed by atoms with van der Waals surface area (Å²) in [7, 11) is 0. The average Bonchev–Trinajstić information content (AvgIpc) is 2.33. The number of piperidine rings is 1. The molecule has 0 bridgehead atoms. The zero-order valence-electron chi connectivity index (χ0n) is 10.2. The van der Waals surface area contributed by atoms with Gasteiger partial charge in [-0.1, -0.05) is 0 Å². The van der Waals surface area contributed by atoms with Crippen LogP contribution < -0.4 is 5.56 Å². The van der Waals surface area contributed by atoms with Gasteiger partial charge in [0.2, 0.25) is 0 Å². The van der Waals surface area contributed by atoms with E-state index in [1.54, 1.807) is 0 Å². The van der Waals surface area contributed by atoms with E-state index in [-0.39, 0.29) is 5.56 Å². The van der Waals surface area contributed by atoms with Gasteiger partial charge in [0.05, 0.1) is 10.2 Å². The second kappa shape index (κ2) is 5.31. The molecule has 1 atom stereocenters. The number of aromatic amines is 1. The topological polar surface area (TPSA) is 49.0 Å². The molecule has 1 aromatic rings. The van der Waals surface area contributed by atoms with Gasteiger partial charge in [0, 0.05) is 18.5 Å². The molecule has 2 rings (SSSR count). The van der Waals surface area contributed by atoms with Crippen molar-refractivity contribution in [3.8, 4) is 0 Å². The molecule has 1 aliphatic heterocycles. The lowest BCUT2D eigenvalue weighted by Gasteiger charge is -2.35. The number of rotatable bonds is 2. The molecular formula is C12H18BrN3O. The number of nitrogens with zero attached hydrogens (tertiary/aromatic N) is 2. The Morgan fingerprint density at radius 1 is 1.59 bits per heavy atom. The Bertz CT molecular complexity index is 444. The fourth-order valence-corrected chi connectivity index (χ4v) is 2.65. The van der Waals surface area contributed by atoms with Crippen molar-refractivity contribution in [2.24, 2.45) is 0 Å². The summed E-state index contributed by atoms with van der Waals surface area (Å²) in [4.78, 5) is 13.7. The van der Waals surface area contributed by atoms with Crippen LogP contribution in [0.4, 0.5) is 0 Å². The molecule has 17 heavy (non-hydrogen) atoms. The standard InChI is InChI=1S/C12H18BrN3O/c1-8(2)16-5-3-4-9(7-16)11-6-10(13)12(17)15-14-11/h6,8-9H,3-5,7H2,1-2H3,(H,15,17). The van der Waals surface area contributed by atoms with Gasteiger partial charge in [-0.3, -0.25) is 4.79 Å². The van der Waals surface area contributed by atoms with Gasteiger partial charge in [0.1, 0.15) is 0 Å². The fraction of sp³-hybridized carbons (Fsp3) is 0.667. The van der Waals surface area contributed by atoms with Crippen LogP contribution in [0.25, 0.3) is 0 Å². The van der Waals surface area contributed by atoms with Crippen molar-refractivity contribution in [3.63, 3.8) is 0 Å². The maximum atomic E-state index is 11.3. The zero-order valence-corrected chi connectivity index (χ0v) is 11.8. The van der Waals surface area contributed by atoms with Gasteiger partial charge < -0.3 is 4.90 Å². The molecule has 0 saturated carbocycles. The highest BCUT2D eigenvalue weighted by Crippen LogP contribution is 2.26. The van der Waals surface area contributed by atoms with Crippen LogP contribution in [0.15, 0.2) is 15.3 Å². The van der Waals surface area contributed by atoms with Crippen molar-refractivity contribution in [1.82, 2.24) is 15.1 Å². The van der Waals surface area contributed by atoms with E-state index in [1.165, 1.54) is 13.0 Å². The van der Waals surface area contributed by atoms with Crippen LogP contribution in [-0.2, 0) is 0 Å². The van der Waals surface area contributed by atoms with Crippen molar-refractivity contribution in [2.45, 2.75) is 38.6 Å². The second-order valence-electron chi connectivity index (χ2n) is 4.90. The first-order chi connectivity index (χ1) is 8.08. The number of hydrogen-bond acceptors (Lipinski definition) is 3. The number of hydrogen-bond donors (Lipinski definition) is 1. The summed E-state index contributed by atoms with van der Waals surface area (Å²) in [5.74, 6) is 0.430. The minimum atomic E-state index is -0.162. The summed E-state index contributed by atoms with van der Waals surface area (Å²) >= 11 is 3.26. The first kappa shape index (κ1) is 12.8. The molecular weight excluding hydrogens is 282 g/mol. The zero-order chi connectivity index (χ0) is 12.4. The summed E-state index contributed by atoms with van der Waals surface area (Å²) in [6.07, 6.45) is 2.34. The summed E-state index contributed by atoms with van der Waals surface area (Å²) in [6.45, 7) is 6.64. The Labute approximate surface area is 110 Å². The molecule has 1 N–H and O–H groups in total. The first-order valence-electron chi connectivity index (χ1n) is 6.07. The number of halogens is 1. The number of likely N-dealkylation sites (tertiary alicyclic amines) is 1. The monoisotopic (exact) mass is 299 g/mol. The van der Waals surface area contributed by atoms with Crippen molar-refractivity contribution in [2.75, 3.05) is 13.1 Å². The van der Waals surface area contributed by atoms with Gasteiger partial charge in [-0.2, -0.15) is 5.10 Å². The normalized spacial score (nSPS) is 22.0. The average molecular weight is 300 g/mol. The molecule has 0 aromatic carbocycles. The Hall–Kier alpha value is -0.680. The Morgan fingerprint density at radius 3 is 3.00 bits per heavy atom. The highest BCUT2D eigenvalue weighted by molar-refractivity contribution is 9.10. The molecule has 5 heteroatoms. The molecule has 0 radical (unpaired) electrons. The van der Waals surface area contributed by atoms with Crippen LogP contribution in [-0.4, -0.2) is 34.2 Å². The van der Waals surface area contributed by atoms with Gasteiger partial charge in [0.25, 0.3) is 5.56 Å². The van der Waals surface area contributed by atoms with Gasteiger partial charge in [0.15, 0.2) is 0 Å². The van der Waals surface area contributed by atoms with Gasteiger partial charge >= 0.3 is 0 Å². The summed E-state index contributed by atoms with van der Waals surface area (Å²) in [5, 5.41) is 6.70. The van der Waals surface area contributed by atoms with E-state index in [4.69, 9.17) is 0 Å². The first-order valence-corrected chi connectivity index (χ1v) is 6.86. The summed E-state index contributed by atoms with van der Waals surface area (Å²) < 4.78 is 0.573. The smallest absolute Gasteiger partial charge is 0.278 e. The SMILES string of the molecule is CC(C)N1CCCC(c2cc(Br)c(=O)[nH]n2)C1. The highest BCUT2D eigenvalue weighted by Gasteiger charge is 2.24. The van der Waals surface area contributed by atoms with Crippen LogP contribution in [0, 0.1) is 0 Å². The molecule has 1 fully saturated rings. The van der Waals surface area contributed by atoms with Crippen LogP contribution in [0.3, 0.4) is 0 Å². The minimum Gasteiger partial charge on any atom is -0.300 e. The number of nitrogens with one attached hydrogen (secondary N) is 1. The lowest BCUT2D eigenvalue weighted by atomic mass is 9.94. The predicted octanol–water partition coefficient (Wildman–Crippen LogP) is 2.12. The molecule has 4 nitrogen and oxygen atoms in total. The van der Waals surface area contributed by atoms with E-state index >= 15 is 0 Å². The van der Waals surface area contributed by atoms with Gasteiger partial charge in [-0.15, -0.1) is 0 Å². The third-order valence-corrected chi connectivity index (χ3v) is 3.97. The fourth-order valence-electron chi connectivity index (χ4n) is 2.32. The van der Waals surface area contributed by atoms with Crippen LogP contribution in [0.5, 0.6) is 0 Å². The quantitative estimate of drug-likeness (QED) is 0.910. The van der Waals surface area contributed by atoms with Crippen LogP contribution in [0.2, 0.25) is 0 Å². The maximum absolute atomic E-state index is 11.3. The minimum absolute atomic E-state index is 0.162. The van der Waals surface area contributed by atoms with Crippen molar-refractivity contribution in [1.29, 1.82) is 0 Å². The largest absolute Gasteiger partial charge is 0.300 e. The molecule has 2 heterocycles. The van der Waals surface area contributed by atoms with Gasteiger partial charge in [-0.05, 0) is 55.2 Å². The molecule has 1 unspecified atom stereocenters. The molecule has 1 aromatic heterocycles. The molecule has 0 aliphatic carbocycles. The van der Waals surface area contributed by atoms with Crippen LogP contribution >= 0.6 is 15.9 Å². The lowest BCUT2D eigenvalue weighted by molar-refractivity contribution is 0.166. The predicted molar refractivity (Wildman–Crippen MR) is 71.2 cm³/mol. The second-order valence-corrected chi connectivity index (χ2v) is 5.75. The van der Waals surface area contributed by atoms with Crippen molar-refractivity contribution >= 4 is 15.9 Å². The van der Waals surface area contributed by atoms with E-state index in [2.05, 4.69) is 44.9 Å². The number of H-pyrrole nitrogens is 1. The van der Waals surface area contributed by atoms with E-state index in [0.717, 1.165) is 18.7 Å². The molecule has 0 amide bonds. The van der Waals surface area contributed by atoms with Crippen LogP contribution in [0.1, 0.15) is 38.3 Å². The molecule has 94 valence electrons. The maximum Gasteiger partial charge on any atom is 0.278 e. The third-order valence-electron chi connectivity index (χ3n) is 3.38. The van der Waals surface area contributed by atoms with Gasteiger partial charge in [-0.25, -0.2) is 5.10 Å². The van der Waals surface area contributed by atoms with E-state index in [0.29, 0.717) is 16.4 Å². The highest BCUT2D eigenvalue weighted by atomic mass is 79.9. The van der Waals surface area contributed by atoms with Crippen molar-refractivity contribution < 1.29 is 0 Å². The van der Waals surface area contributed by atoms with E-state index in [1.807, 2.05) is 6.07 Å². The Morgan fingerprint density at radius 2 is 2.35 bits per heavy atom. The van der Waals surface area contributed by atoms with E-state index < -0.39 is 0 Å². The number of aromatic nitrogens is 2. The molecule has 1 aliphatic rings. The summed E-state index contributed by atoms with van der Waals surface area (Å²) in [6, 6.07) is 2.43. The molecule has 1 saturated heterocycles. The Balaban J connectivity index is 2.16. The Kier molecular flexibility index (Phi) is 3.99. The van der Waals surface area contributed by atoms with Crippen molar-refractivity contribution in [3.05, 3.63) is 26.6 Å². The third kappa shape index (κ3) is 2.96. The summed E-state index contributed by atoms with van der Waals surface area (Å²) in [5.41, 5.74) is 0.826. The molecule has 0 spiro atoms. The van der Waals surface area contributed by atoms with E-state index in [9.17, 15) is 4.79 Å².